The first-order valence-electron chi connectivity index (χ1n) is 6.15. The Bertz CT molecular complexity index is 342. The first-order chi connectivity index (χ1) is 7.80. The van der Waals surface area contributed by atoms with Crippen molar-refractivity contribution in [3.63, 3.8) is 0 Å². The van der Waals surface area contributed by atoms with Crippen molar-refractivity contribution in [1.29, 1.82) is 0 Å². The Kier molecular flexibility index (Phi) is 3.93. The van der Waals surface area contributed by atoms with Gasteiger partial charge in [0.2, 0.25) is 0 Å². The van der Waals surface area contributed by atoms with Crippen molar-refractivity contribution in [3.05, 3.63) is 29.8 Å². The van der Waals surface area contributed by atoms with Crippen molar-refractivity contribution in [2.24, 2.45) is 5.73 Å². The molecule has 16 heavy (non-hydrogen) atoms. The van der Waals surface area contributed by atoms with E-state index in [9.17, 15) is 0 Å². The summed E-state index contributed by atoms with van der Waals surface area (Å²) in [6.07, 6.45) is 8.71. The van der Waals surface area contributed by atoms with Crippen LogP contribution in [0.5, 0.6) is 0 Å². The minimum Gasteiger partial charge on any atom is -0.330 e. The molecule has 1 aliphatic rings. The summed E-state index contributed by atoms with van der Waals surface area (Å²) < 4.78 is 0. The summed E-state index contributed by atoms with van der Waals surface area (Å²) in [5.74, 6) is 0. The molecule has 1 fully saturated rings. The van der Waals surface area contributed by atoms with Crippen LogP contribution in [0, 0.1) is 0 Å². The van der Waals surface area contributed by atoms with Crippen molar-refractivity contribution in [1.82, 2.24) is 0 Å². The van der Waals surface area contributed by atoms with Gasteiger partial charge in [0, 0.05) is 16.9 Å². The standard InChI is InChI=1S/C14H21NS/c1-16-13-7-5-6-12(10-13)14(11-15)8-3-2-4-9-14/h5-7,10H,2-4,8-9,11,15H2,1H3. The normalized spacial score (nSPS) is 19.6. The second kappa shape index (κ2) is 5.24. The average molecular weight is 235 g/mol. The number of hydrogen-bond acceptors (Lipinski definition) is 2. The highest BCUT2D eigenvalue weighted by molar-refractivity contribution is 7.98. The van der Waals surface area contributed by atoms with E-state index < -0.39 is 0 Å². The molecule has 1 aliphatic carbocycles. The highest BCUT2D eigenvalue weighted by Gasteiger charge is 2.32. The second-order valence-corrected chi connectivity index (χ2v) is 5.66. The highest BCUT2D eigenvalue weighted by atomic mass is 32.2. The number of thioether (sulfide) groups is 1. The lowest BCUT2D eigenvalue weighted by molar-refractivity contribution is 0.300. The molecule has 0 unspecified atom stereocenters. The fourth-order valence-corrected chi connectivity index (χ4v) is 3.25. The van der Waals surface area contributed by atoms with E-state index in [1.165, 1.54) is 42.6 Å². The Balaban J connectivity index is 2.31. The smallest absolute Gasteiger partial charge is 0.00759 e. The van der Waals surface area contributed by atoms with Gasteiger partial charge in [-0.1, -0.05) is 31.4 Å². The van der Waals surface area contributed by atoms with Crippen LogP contribution in [0.3, 0.4) is 0 Å². The van der Waals surface area contributed by atoms with Gasteiger partial charge in [0.15, 0.2) is 0 Å². The quantitative estimate of drug-likeness (QED) is 0.811. The third-order valence-corrected chi connectivity index (χ3v) is 4.61. The molecule has 0 amide bonds. The van der Waals surface area contributed by atoms with Crippen LogP contribution in [0.2, 0.25) is 0 Å². The molecule has 1 aromatic rings. The summed E-state index contributed by atoms with van der Waals surface area (Å²) in [4.78, 5) is 1.36. The molecular formula is C14H21NS. The van der Waals surface area contributed by atoms with Crippen LogP contribution in [0.15, 0.2) is 29.2 Å². The van der Waals surface area contributed by atoms with Gasteiger partial charge in [0.05, 0.1) is 0 Å². The van der Waals surface area contributed by atoms with Crippen molar-refractivity contribution >= 4 is 11.8 Å². The van der Waals surface area contributed by atoms with Crippen molar-refractivity contribution in [3.8, 4) is 0 Å². The summed E-state index contributed by atoms with van der Waals surface area (Å²) in [6, 6.07) is 8.95. The molecule has 1 saturated carbocycles. The molecule has 0 atom stereocenters. The van der Waals surface area contributed by atoms with Gasteiger partial charge >= 0.3 is 0 Å². The number of nitrogens with two attached hydrogens (primary N) is 1. The van der Waals surface area contributed by atoms with Crippen LogP contribution in [0.4, 0.5) is 0 Å². The highest BCUT2D eigenvalue weighted by Crippen LogP contribution is 2.39. The molecule has 2 N–H and O–H groups in total. The molecule has 88 valence electrons. The second-order valence-electron chi connectivity index (χ2n) is 4.78. The maximum Gasteiger partial charge on any atom is 0.00759 e. The van der Waals surface area contributed by atoms with Crippen molar-refractivity contribution in [2.75, 3.05) is 12.8 Å². The number of hydrogen-bond donors (Lipinski definition) is 1. The summed E-state index contributed by atoms with van der Waals surface area (Å²) in [7, 11) is 0. The molecule has 0 spiro atoms. The third-order valence-electron chi connectivity index (χ3n) is 3.88. The summed E-state index contributed by atoms with van der Waals surface area (Å²) in [5.41, 5.74) is 7.78. The summed E-state index contributed by atoms with van der Waals surface area (Å²) >= 11 is 1.82. The molecule has 1 aromatic carbocycles. The van der Waals surface area contributed by atoms with Gasteiger partial charge < -0.3 is 5.73 Å². The molecule has 1 nitrogen and oxygen atoms in total. The monoisotopic (exact) mass is 235 g/mol. The maximum absolute atomic E-state index is 6.05. The minimum atomic E-state index is 0.268. The first kappa shape index (κ1) is 12.0. The summed E-state index contributed by atoms with van der Waals surface area (Å²) in [6.45, 7) is 0.796. The fourth-order valence-electron chi connectivity index (χ4n) is 2.79. The lowest BCUT2D eigenvalue weighted by Gasteiger charge is -2.37. The van der Waals surface area contributed by atoms with Crippen LogP contribution in [-0.2, 0) is 5.41 Å². The van der Waals surface area contributed by atoms with Crippen LogP contribution in [0.1, 0.15) is 37.7 Å². The van der Waals surface area contributed by atoms with Gasteiger partial charge in [-0.05, 0) is 36.8 Å². The van der Waals surface area contributed by atoms with E-state index in [1.54, 1.807) is 0 Å². The zero-order valence-electron chi connectivity index (χ0n) is 10.0. The van der Waals surface area contributed by atoms with Crippen LogP contribution in [0.25, 0.3) is 0 Å². The van der Waals surface area contributed by atoms with E-state index in [-0.39, 0.29) is 5.41 Å². The molecular weight excluding hydrogens is 214 g/mol. The van der Waals surface area contributed by atoms with Crippen molar-refractivity contribution < 1.29 is 0 Å². The van der Waals surface area contributed by atoms with Crippen LogP contribution in [-0.4, -0.2) is 12.8 Å². The molecule has 0 aliphatic heterocycles. The van der Waals surface area contributed by atoms with E-state index in [4.69, 9.17) is 5.73 Å². The topological polar surface area (TPSA) is 26.0 Å². The molecule has 0 saturated heterocycles. The fraction of sp³-hybridized carbons (Fsp3) is 0.571. The predicted molar refractivity (Wildman–Crippen MR) is 72.0 cm³/mol. The molecule has 2 rings (SSSR count). The number of rotatable bonds is 3. The van der Waals surface area contributed by atoms with Gasteiger partial charge in [0.1, 0.15) is 0 Å². The Morgan fingerprint density at radius 2 is 2.00 bits per heavy atom. The van der Waals surface area contributed by atoms with Gasteiger partial charge in [-0.15, -0.1) is 11.8 Å². The predicted octanol–water partition coefficient (Wildman–Crippen LogP) is 3.57. The Hall–Kier alpha value is -0.470. The van der Waals surface area contributed by atoms with Crippen molar-refractivity contribution in [2.45, 2.75) is 42.4 Å². The molecule has 0 radical (unpaired) electrons. The average Bonchev–Trinajstić information content (AvgIpc) is 2.39. The molecule has 0 bridgehead atoms. The third kappa shape index (κ3) is 2.28. The van der Waals surface area contributed by atoms with Gasteiger partial charge in [-0.2, -0.15) is 0 Å². The van der Waals surface area contributed by atoms with Crippen LogP contribution < -0.4 is 5.73 Å². The van der Waals surface area contributed by atoms with E-state index in [2.05, 4.69) is 30.5 Å². The molecule has 0 heterocycles. The Morgan fingerprint density at radius 3 is 2.62 bits per heavy atom. The van der Waals surface area contributed by atoms with E-state index >= 15 is 0 Å². The lowest BCUT2D eigenvalue weighted by atomic mass is 9.69. The zero-order valence-corrected chi connectivity index (χ0v) is 10.9. The van der Waals surface area contributed by atoms with Gasteiger partial charge in [-0.3, -0.25) is 0 Å². The Morgan fingerprint density at radius 1 is 1.25 bits per heavy atom. The molecule has 2 heteroatoms. The SMILES string of the molecule is CSc1cccc(C2(CN)CCCCC2)c1. The number of benzene rings is 1. The first-order valence-corrected chi connectivity index (χ1v) is 7.38. The minimum absolute atomic E-state index is 0.268. The van der Waals surface area contributed by atoms with E-state index in [0.717, 1.165) is 6.54 Å². The van der Waals surface area contributed by atoms with E-state index in [1.807, 2.05) is 11.8 Å². The summed E-state index contributed by atoms with van der Waals surface area (Å²) in [5, 5.41) is 0. The lowest BCUT2D eigenvalue weighted by Crippen LogP contribution is -2.37. The van der Waals surface area contributed by atoms with Gasteiger partial charge in [0.25, 0.3) is 0 Å². The largest absolute Gasteiger partial charge is 0.330 e. The maximum atomic E-state index is 6.05. The van der Waals surface area contributed by atoms with Crippen LogP contribution >= 0.6 is 11.8 Å². The molecule has 0 aromatic heterocycles. The van der Waals surface area contributed by atoms with Gasteiger partial charge in [-0.25, -0.2) is 0 Å². The van der Waals surface area contributed by atoms with E-state index in [0.29, 0.717) is 0 Å². The zero-order chi connectivity index (χ0) is 11.4. The Labute approximate surface area is 103 Å².